The molecule has 0 fully saturated rings. The summed E-state index contributed by atoms with van der Waals surface area (Å²) in [4.78, 5) is 17.5. The third-order valence-electron chi connectivity index (χ3n) is 6.67. The van der Waals surface area contributed by atoms with Gasteiger partial charge in [0.15, 0.2) is 5.65 Å². The normalized spacial score (nSPS) is 10.9. The molecule has 0 aliphatic rings. The Morgan fingerprint density at radius 3 is 2.33 bits per heavy atom. The second kappa shape index (κ2) is 12.2. The number of ether oxygens (including phenoxy) is 1. The minimum atomic E-state index is -0.172. The van der Waals surface area contributed by atoms with E-state index in [4.69, 9.17) is 24.2 Å². The van der Waals surface area contributed by atoms with E-state index in [1.54, 1.807) is 28.9 Å². The molecule has 2 heterocycles. The summed E-state index contributed by atoms with van der Waals surface area (Å²) in [6.45, 7) is 0.941. The molecule has 2 N–H and O–H groups in total. The molecule has 204 valence electrons. The van der Waals surface area contributed by atoms with E-state index in [9.17, 15) is 4.79 Å². The number of rotatable bonds is 9. The average molecular weight is 570 g/mol. The molecular formula is C33H25BClN5O2. The molecule has 0 aliphatic heterocycles. The second-order valence-corrected chi connectivity index (χ2v) is 10.0. The maximum Gasteiger partial charge on any atom is 0.251 e. The van der Waals surface area contributed by atoms with Gasteiger partial charge in [0, 0.05) is 41.5 Å². The Bertz CT molecular complexity index is 1860. The number of fused-ring (bicyclic) bond motifs is 1. The van der Waals surface area contributed by atoms with Crippen LogP contribution in [0.15, 0.2) is 115 Å². The Balaban J connectivity index is 1.09. The summed E-state index contributed by atoms with van der Waals surface area (Å²) in [5.41, 5.74) is 5.12. The van der Waals surface area contributed by atoms with Gasteiger partial charge in [0.05, 0.1) is 5.69 Å². The van der Waals surface area contributed by atoms with Crippen LogP contribution in [0.5, 0.6) is 11.5 Å². The highest BCUT2D eigenvalue weighted by molar-refractivity contribution is 6.36. The smallest absolute Gasteiger partial charge is 0.251 e. The zero-order valence-corrected chi connectivity index (χ0v) is 23.3. The van der Waals surface area contributed by atoms with Crippen LogP contribution in [0.3, 0.4) is 0 Å². The van der Waals surface area contributed by atoms with Gasteiger partial charge in [-0.3, -0.25) is 4.79 Å². The third-order valence-corrected chi connectivity index (χ3v) is 7.00. The average Bonchev–Trinajstić information content (AvgIpc) is 3.40. The zero-order valence-electron chi connectivity index (χ0n) is 22.5. The van der Waals surface area contributed by atoms with Gasteiger partial charge in [-0.15, -0.1) is 0 Å². The second-order valence-electron chi connectivity index (χ2n) is 9.64. The Morgan fingerprint density at radius 2 is 1.55 bits per heavy atom. The fourth-order valence-corrected chi connectivity index (χ4v) is 4.72. The summed E-state index contributed by atoms with van der Waals surface area (Å²) in [6.07, 6.45) is 1.58. The molecule has 4 aromatic carbocycles. The van der Waals surface area contributed by atoms with E-state index in [2.05, 4.69) is 20.7 Å². The number of para-hydroxylation sites is 1. The molecule has 0 saturated heterocycles. The summed E-state index contributed by atoms with van der Waals surface area (Å²) >= 11 is 6.43. The van der Waals surface area contributed by atoms with Gasteiger partial charge < -0.3 is 15.4 Å². The molecule has 42 heavy (non-hydrogen) atoms. The van der Waals surface area contributed by atoms with Gasteiger partial charge in [-0.1, -0.05) is 78.3 Å². The van der Waals surface area contributed by atoms with Gasteiger partial charge in [0.1, 0.15) is 25.2 Å². The van der Waals surface area contributed by atoms with Gasteiger partial charge in [0.25, 0.3) is 5.91 Å². The molecule has 0 atom stereocenters. The molecule has 6 aromatic rings. The molecule has 9 heteroatoms. The number of anilines is 1. The number of aromatic nitrogens is 3. The quantitative estimate of drug-likeness (QED) is 0.203. The molecule has 0 bridgehead atoms. The van der Waals surface area contributed by atoms with Crippen molar-refractivity contribution in [3.05, 3.63) is 137 Å². The molecule has 7 nitrogen and oxygen atoms in total. The first-order valence-electron chi connectivity index (χ1n) is 13.4. The van der Waals surface area contributed by atoms with E-state index in [0.29, 0.717) is 52.0 Å². The van der Waals surface area contributed by atoms with Gasteiger partial charge in [0.2, 0.25) is 0 Å². The van der Waals surface area contributed by atoms with Gasteiger partial charge in [-0.2, -0.15) is 9.61 Å². The number of nitrogens with zero attached hydrogens (tertiary/aromatic N) is 3. The number of hydrogen-bond donors (Lipinski definition) is 2. The van der Waals surface area contributed by atoms with Crippen molar-refractivity contribution in [1.29, 1.82) is 0 Å². The SMILES string of the molecule is [B]c1cnn2c(NCc3ccc(CNC(=O)c4cccc(Oc5ccccc5)c4)cc3)cc(-c3ccccc3Cl)nc12. The predicted molar refractivity (Wildman–Crippen MR) is 167 cm³/mol. The van der Waals surface area contributed by atoms with Crippen LogP contribution in [0.2, 0.25) is 5.02 Å². The summed E-state index contributed by atoms with van der Waals surface area (Å²) in [6, 6.07) is 34.1. The number of carbonyl (C=O) groups is 1. The molecule has 0 saturated carbocycles. The van der Waals surface area contributed by atoms with Crippen LogP contribution in [0.4, 0.5) is 5.82 Å². The summed E-state index contributed by atoms with van der Waals surface area (Å²) in [7, 11) is 6.14. The highest BCUT2D eigenvalue weighted by Crippen LogP contribution is 2.28. The molecule has 0 aliphatic carbocycles. The van der Waals surface area contributed by atoms with Crippen molar-refractivity contribution in [2.45, 2.75) is 13.1 Å². The van der Waals surface area contributed by atoms with E-state index in [-0.39, 0.29) is 5.91 Å². The fourth-order valence-electron chi connectivity index (χ4n) is 4.49. The van der Waals surface area contributed by atoms with Crippen LogP contribution in [0.1, 0.15) is 21.5 Å². The first-order chi connectivity index (χ1) is 20.5. The minimum absolute atomic E-state index is 0.172. The Kier molecular flexibility index (Phi) is 7.88. The largest absolute Gasteiger partial charge is 0.457 e. The summed E-state index contributed by atoms with van der Waals surface area (Å²) in [5, 5.41) is 11.4. The fraction of sp³-hybridized carbons (Fsp3) is 0.0606. The van der Waals surface area contributed by atoms with Crippen LogP contribution in [0, 0.1) is 0 Å². The van der Waals surface area contributed by atoms with Crippen LogP contribution < -0.4 is 20.8 Å². The maximum absolute atomic E-state index is 12.8. The van der Waals surface area contributed by atoms with Crippen molar-refractivity contribution in [1.82, 2.24) is 19.9 Å². The highest BCUT2D eigenvalue weighted by atomic mass is 35.5. The first-order valence-corrected chi connectivity index (χ1v) is 13.7. The monoisotopic (exact) mass is 569 g/mol. The van der Waals surface area contributed by atoms with E-state index in [0.717, 1.165) is 22.5 Å². The zero-order chi connectivity index (χ0) is 28.9. The van der Waals surface area contributed by atoms with Crippen molar-refractivity contribution >= 4 is 42.3 Å². The number of nitrogens with one attached hydrogen (secondary N) is 2. The highest BCUT2D eigenvalue weighted by Gasteiger charge is 2.13. The van der Waals surface area contributed by atoms with Gasteiger partial charge in [-0.25, -0.2) is 4.98 Å². The lowest BCUT2D eigenvalue weighted by molar-refractivity contribution is 0.0950. The standard InChI is InChI=1S/C33H25BClN5O2/c34-28-21-38-40-31(18-30(39-32(28)40)27-11-4-5-12-29(27)35)36-19-22-13-15-23(16-14-22)20-37-33(41)24-7-6-10-26(17-24)42-25-8-2-1-3-9-25/h1-18,21,36H,19-20H2,(H,37,41). The van der Waals surface area contributed by atoms with Crippen LogP contribution in [0.25, 0.3) is 16.9 Å². The molecular weight excluding hydrogens is 545 g/mol. The van der Waals surface area contributed by atoms with Crippen LogP contribution in [-0.4, -0.2) is 28.4 Å². The predicted octanol–water partition coefficient (Wildman–Crippen LogP) is 6.18. The minimum Gasteiger partial charge on any atom is -0.457 e. The van der Waals surface area contributed by atoms with Crippen molar-refractivity contribution in [3.63, 3.8) is 0 Å². The van der Waals surface area contributed by atoms with Crippen LogP contribution >= 0.6 is 11.6 Å². The topological polar surface area (TPSA) is 80.5 Å². The van der Waals surface area contributed by atoms with E-state index < -0.39 is 0 Å². The van der Waals surface area contributed by atoms with E-state index >= 15 is 0 Å². The van der Waals surface area contributed by atoms with Crippen molar-refractivity contribution in [3.8, 4) is 22.8 Å². The maximum atomic E-state index is 12.8. The molecule has 1 amide bonds. The lowest BCUT2D eigenvalue weighted by Crippen LogP contribution is -2.22. The number of carbonyl (C=O) groups excluding carboxylic acids is 1. The van der Waals surface area contributed by atoms with Gasteiger partial charge in [-0.05, 0) is 53.0 Å². The van der Waals surface area contributed by atoms with E-state index in [1.165, 1.54) is 0 Å². The Hall–Kier alpha value is -5.08. The van der Waals surface area contributed by atoms with Crippen LogP contribution in [-0.2, 0) is 13.1 Å². The number of amides is 1. The van der Waals surface area contributed by atoms with E-state index in [1.807, 2.05) is 91.0 Å². The lowest BCUT2D eigenvalue weighted by Gasteiger charge is -2.12. The molecule has 0 spiro atoms. The number of benzene rings is 4. The van der Waals surface area contributed by atoms with Gasteiger partial charge >= 0.3 is 0 Å². The third kappa shape index (κ3) is 6.14. The molecule has 2 radical (unpaired) electrons. The van der Waals surface area contributed by atoms with Crippen molar-refractivity contribution in [2.75, 3.05) is 5.32 Å². The Morgan fingerprint density at radius 1 is 0.833 bits per heavy atom. The number of halogens is 1. The molecule has 2 aromatic heterocycles. The summed E-state index contributed by atoms with van der Waals surface area (Å²) < 4.78 is 7.53. The molecule has 0 unspecified atom stereocenters. The summed E-state index contributed by atoms with van der Waals surface area (Å²) in [5.74, 6) is 1.89. The Labute approximate surface area is 249 Å². The number of hydrogen-bond acceptors (Lipinski definition) is 5. The first kappa shape index (κ1) is 27.1. The van der Waals surface area contributed by atoms with Crippen molar-refractivity contribution in [2.24, 2.45) is 0 Å². The van der Waals surface area contributed by atoms with Crippen molar-refractivity contribution < 1.29 is 9.53 Å². The molecule has 6 rings (SSSR count). The lowest BCUT2D eigenvalue weighted by atomic mass is 10.0.